The number of carboxylic acid groups (broad SMARTS) is 1. The minimum atomic E-state index is -1.14. The third-order valence-corrected chi connectivity index (χ3v) is 2.08. The summed E-state index contributed by atoms with van der Waals surface area (Å²) >= 11 is 0. The van der Waals surface area contributed by atoms with Crippen LogP contribution in [0.1, 0.15) is 10.4 Å². The predicted octanol–water partition coefficient (Wildman–Crippen LogP) is 1.50. The van der Waals surface area contributed by atoms with Gasteiger partial charge >= 0.3 is 5.97 Å². The molecule has 0 saturated heterocycles. The molecule has 6 nitrogen and oxygen atoms in total. The number of nitrogens with two attached hydrogens (primary N) is 1. The number of nitrogens with zero attached hydrogens (tertiary/aromatic N) is 2. The molecule has 1 heterocycles. The first kappa shape index (κ1) is 10.9. The summed E-state index contributed by atoms with van der Waals surface area (Å²) in [4.78, 5) is 18.4. The van der Waals surface area contributed by atoms with Gasteiger partial charge in [-0.3, -0.25) is 0 Å². The zero-order valence-electron chi connectivity index (χ0n) is 8.79. The third kappa shape index (κ3) is 2.49. The fraction of sp³-hybridized carbons (Fsp3) is 0. The average Bonchev–Trinajstić information content (AvgIpc) is 2.30. The van der Waals surface area contributed by atoms with Crippen LogP contribution in [-0.2, 0) is 0 Å². The second-order valence-corrected chi connectivity index (χ2v) is 3.29. The number of aromatic carboxylic acids is 1. The van der Waals surface area contributed by atoms with E-state index in [4.69, 9.17) is 10.8 Å². The summed E-state index contributed by atoms with van der Waals surface area (Å²) in [5, 5.41) is 11.7. The molecule has 0 saturated carbocycles. The average molecular weight is 230 g/mol. The molecule has 0 aliphatic carbocycles. The molecule has 0 unspecified atom stereocenters. The van der Waals surface area contributed by atoms with Gasteiger partial charge in [0.05, 0.1) is 0 Å². The van der Waals surface area contributed by atoms with Crippen molar-refractivity contribution >= 4 is 23.4 Å². The number of anilines is 3. The van der Waals surface area contributed by atoms with Crippen molar-refractivity contribution in [2.75, 3.05) is 11.1 Å². The van der Waals surface area contributed by atoms with E-state index in [0.29, 0.717) is 0 Å². The van der Waals surface area contributed by atoms with Crippen molar-refractivity contribution in [3.63, 3.8) is 0 Å². The Morgan fingerprint density at radius 3 is 2.59 bits per heavy atom. The first-order valence-corrected chi connectivity index (χ1v) is 4.84. The first-order chi connectivity index (χ1) is 8.16. The van der Waals surface area contributed by atoms with Crippen LogP contribution in [0.15, 0.2) is 36.5 Å². The Labute approximate surface area is 97.1 Å². The monoisotopic (exact) mass is 230 g/mol. The number of carbonyl (C=O) groups is 1. The summed E-state index contributed by atoms with van der Waals surface area (Å²) in [6, 6.07) is 9.28. The Bertz CT molecular complexity index is 542. The van der Waals surface area contributed by atoms with E-state index in [2.05, 4.69) is 15.3 Å². The Balaban J connectivity index is 2.24. The molecule has 0 aliphatic heterocycles. The highest BCUT2D eigenvalue weighted by atomic mass is 16.4. The Hall–Kier alpha value is -2.63. The molecule has 17 heavy (non-hydrogen) atoms. The van der Waals surface area contributed by atoms with Crippen LogP contribution in [0.4, 0.5) is 17.5 Å². The molecule has 0 aliphatic rings. The summed E-state index contributed by atoms with van der Waals surface area (Å²) in [5.41, 5.74) is 6.20. The van der Waals surface area contributed by atoms with Gasteiger partial charge in [0.25, 0.3) is 0 Å². The minimum absolute atomic E-state index is 0.0640. The molecule has 4 N–H and O–H groups in total. The van der Waals surface area contributed by atoms with Crippen molar-refractivity contribution in [3.05, 3.63) is 42.1 Å². The summed E-state index contributed by atoms with van der Waals surface area (Å²) < 4.78 is 0. The molecule has 6 heteroatoms. The van der Waals surface area contributed by atoms with E-state index >= 15 is 0 Å². The minimum Gasteiger partial charge on any atom is -0.477 e. The van der Waals surface area contributed by atoms with Crippen molar-refractivity contribution in [2.24, 2.45) is 0 Å². The van der Waals surface area contributed by atoms with Gasteiger partial charge < -0.3 is 16.2 Å². The maximum atomic E-state index is 10.7. The lowest BCUT2D eigenvalue weighted by Gasteiger charge is -2.05. The highest BCUT2D eigenvalue weighted by molar-refractivity contribution is 5.92. The molecule has 0 amide bonds. The van der Waals surface area contributed by atoms with Gasteiger partial charge in [0.2, 0.25) is 5.95 Å². The lowest BCUT2D eigenvalue weighted by molar-refractivity contribution is 0.0697. The number of carboxylic acids is 1. The van der Waals surface area contributed by atoms with Gasteiger partial charge in [-0.05, 0) is 12.1 Å². The van der Waals surface area contributed by atoms with Crippen LogP contribution in [0.5, 0.6) is 0 Å². The lowest BCUT2D eigenvalue weighted by Crippen LogP contribution is -2.07. The first-order valence-electron chi connectivity index (χ1n) is 4.84. The molecule has 0 spiro atoms. The van der Waals surface area contributed by atoms with Crippen LogP contribution >= 0.6 is 0 Å². The summed E-state index contributed by atoms with van der Waals surface area (Å²) in [7, 11) is 0. The van der Waals surface area contributed by atoms with Gasteiger partial charge in [-0.1, -0.05) is 18.2 Å². The number of rotatable bonds is 3. The summed E-state index contributed by atoms with van der Waals surface area (Å²) in [6.45, 7) is 0. The highest BCUT2D eigenvalue weighted by Crippen LogP contribution is 2.14. The second-order valence-electron chi connectivity index (χ2n) is 3.29. The van der Waals surface area contributed by atoms with Crippen molar-refractivity contribution in [3.8, 4) is 0 Å². The standard InChI is InChI=1S/C11H10N4O2/c12-9-8(10(16)17)6-13-11(15-9)14-7-4-2-1-3-5-7/h1-6H,(H,16,17)(H3,12,13,14,15). The van der Waals surface area contributed by atoms with E-state index in [-0.39, 0.29) is 17.3 Å². The smallest absolute Gasteiger partial charge is 0.341 e. The molecule has 0 radical (unpaired) electrons. The van der Waals surface area contributed by atoms with Crippen LogP contribution < -0.4 is 11.1 Å². The molecule has 0 atom stereocenters. The van der Waals surface area contributed by atoms with Gasteiger partial charge in [-0.15, -0.1) is 0 Å². The van der Waals surface area contributed by atoms with E-state index in [1.807, 2.05) is 30.3 Å². The number of aromatic nitrogens is 2. The second kappa shape index (κ2) is 4.48. The normalized spacial score (nSPS) is 9.88. The Morgan fingerprint density at radius 2 is 2.00 bits per heavy atom. The molecule has 0 fully saturated rings. The van der Waals surface area contributed by atoms with Gasteiger partial charge in [-0.2, -0.15) is 4.98 Å². The van der Waals surface area contributed by atoms with Gasteiger partial charge in [0.15, 0.2) is 0 Å². The van der Waals surface area contributed by atoms with Gasteiger partial charge in [0, 0.05) is 11.9 Å². The Morgan fingerprint density at radius 1 is 1.29 bits per heavy atom. The molecule has 0 bridgehead atoms. The van der Waals surface area contributed by atoms with Crippen LogP contribution in [-0.4, -0.2) is 21.0 Å². The van der Waals surface area contributed by atoms with Crippen LogP contribution in [0.25, 0.3) is 0 Å². The molecule has 1 aromatic heterocycles. The highest BCUT2D eigenvalue weighted by Gasteiger charge is 2.10. The fourth-order valence-electron chi connectivity index (χ4n) is 1.27. The predicted molar refractivity (Wildman–Crippen MR) is 63.1 cm³/mol. The van der Waals surface area contributed by atoms with Crippen molar-refractivity contribution in [1.29, 1.82) is 0 Å². The van der Waals surface area contributed by atoms with Gasteiger partial charge in [0.1, 0.15) is 11.4 Å². The largest absolute Gasteiger partial charge is 0.477 e. The number of nitrogen functional groups attached to an aromatic ring is 1. The number of hydrogen-bond acceptors (Lipinski definition) is 5. The Kier molecular flexibility index (Phi) is 2.87. The molecule has 86 valence electrons. The van der Waals surface area contributed by atoms with Gasteiger partial charge in [-0.25, -0.2) is 9.78 Å². The molecule has 2 aromatic rings. The summed E-state index contributed by atoms with van der Waals surface area (Å²) in [5.74, 6) is -0.946. The van der Waals surface area contributed by atoms with Crippen molar-refractivity contribution < 1.29 is 9.90 Å². The number of nitrogens with one attached hydrogen (secondary N) is 1. The van der Waals surface area contributed by atoms with E-state index in [1.165, 1.54) is 6.20 Å². The topological polar surface area (TPSA) is 101 Å². The quantitative estimate of drug-likeness (QED) is 0.738. The third-order valence-electron chi connectivity index (χ3n) is 2.08. The van der Waals surface area contributed by atoms with Crippen molar-refractivity contribution in [1.82, 2.24) is 9.97 Å². The van der Waals surface area contributed by atoms with Crippen LogP contribution in [0.2, 0.25) is 0 Å². The molecular formula is C11H10N4O2. The number of hydrogen-bond donors (Lipinski definition) is 3. The van der Waals surface area contributed by atoms with E-state index in [9.17, 15) is 4.79 Å². The van der Waals surface area contributed by atoms with Crippen LogP contribution in [0, 0.1) is 0 Å². The van der Waals surface area contributed by atoms with E-state index < -0.39 is 5.97 Å². The van der Waals surface area contributed by atoms with E-state index in [1.54, 1.807) is 0 Å². The zero-order chi connectivity index (χ0) is 12.3. The van der Waals surface area contributed by atoms with Crippen LogP contribution in [0.3, 0.4) is 0 Å². The summed E-state index contributed by atoms with van der Waals surface area (Å²) in [6.07, 6.45) is 1.18. The lowest BCUT2D eigenvalue weighted by atomic mass is 10.3. The number of para-hydroxylation sites is 1. The number of benzene rings is 1. The van der Waals surface area contributed by atoms with E-state index in [0.717, 1.165) is 5.69 Å². The zero-order valence-corrected chi connectivity index (χ0v) is 8.79. The molecule has 2 rings (SSSR count). The maximum Gasteiger partial charge on any atom is 0.341 e. The fourth-order valence-corrected chi connectivity index (χ4v) is 1.27. The van der Waals surface area contributed by atoms with Crippen molar-refractivity contribution in [2.45, 2.75) is 0 Å². The SMILES string of the molecule is Nc1nc(Nc2ccccc2)ncc1C(=O)O. The molecular weight excluding hydrogens is 220 g/mol. The maximum absolute atomic E-state index is 10.7. The molecule has 1 aromatic carbocycles.